The summed E-state index contributed by atoms with van der Waals surface area (Å²) in [6.45, 7) is 7.69. The second kappa shape index (κ2) is 11.9. The number of nitrogens with one attached hydrogen (secondary N) is 2. The lowest BCUT2D eigenvalue weighted by Gasteiger charge is -2.39. The summed E-state index contributed by atoms with van der Waals surface area (Å²) < 4.78 is 5.66. The lowest BCUT2D eigenvalue weighted by Crippen LogP contribution is -2.48. The fraction of sp³-hybridized carbons (Fsp3) is 0.545. The second-order valence-corrected chi connectivity index (χ2v) is 8.58. The van der Waals surface area contributed by atoms with Crippen molar-refractivity contribution in [2.75, 3.05) is 33.4 Å². The maximum atomic E-state index is 5.66. The van der Waals surface area contributed by atoms with Gasteiger partial charge in [-0.2, -0.15) is 0 Å². The Morgan fingerprint density at radius 2 is 2.00 bits per heavy atom. The maximum Gasteiger partial charge on any atom is 0.191 e. The summed E-state index contributed by atoms with van der Waals surface area (Å²) in [5.74, 6) is 0.853. The molecule has 0 radical (unpaired) electrons. The van der Waals surface area contributed by atoms with Crippen LogP contribution in [-0.4, -0.2) is 44.3 Å². The molecular weight excluding hydrogens is 495 g/mol. The number of ether oxygens (including phenoxy) is 1. The summed E-state index contributed by atoms with van der Waals surface area (Å²) in [4.78, 5) is 10.3. The lowest BCUT2D eigenvalue weighted by atomic mass is 9.72. The van der Waals surface area contributed by atoms with Crippen molar-refractivity contribution in [2.24, 2.45) is 4.99 Å². The Labute approximate surface area is 195 Å². The largest absolute Gasteiger partial charge is 0.381 e. The Morgan fingerprint density at radius 3 is 2.66 bits per heavy atom. The summed E-state index contributed by atoms with van der Waals surface area (Å²) >= 11 is 1.80. The Balaban J connectivity index is 0.00000300. The zero-order chi connectivity index (χ0) is 19.8. The van der Waals surface area contributed by atoms with Gasteiger partial charge in [-0.05, 0) is 37.3 Å². The van der Waals surface area contributed by atoms with Gasteiger partial charge in [0, 0.05) is 56.3 Å². The van der Waals surface area contributed by atoms with Crippen molar-refractivity contribution < 1.29 is 4.74 Å². The molecule has 0 aliphatic carbocycles. The van der Waals surface area contributed by atoms with Gasteiger partial charge in [-0.1, -0.05) is 31.2 Å². The van der Waals surface area contributed by atoms with Crippen LogP contribution in [0.3, 0.4) is 0 Å². The van der Waals surface area contributed by atoms with E-state index in [4.69, 9.17) is 4.74 Å². The topological polar surface area (TPSA) is 58.5 Å². The number of rotatable bonds is 7. The lowest BCUT2D eigenvalue weighted by molar-refractivity contribution is 0.0512. The van der Waals surface area contributed by atoms with Crippen LogP contribution in [0.15, 0.2) is 35.5 Å². The van der Waals surface area contributed by atoms with Crippen molar-refractivity contribution in [3.05, 3.63) is 51.5 Å². The number of hydrogen-bond acceptors (Lipinski definition) is 4. The molecule has 1 aliphatic rings. The van der Waals surface area contributed by atoms with Crippen molar-refractivity contribution in [3.8, 4) is 0 Å². The van der Waals surface area contributed by atoms with E-state index in [1.807, 2.05) is 13.2 Å². The van der Waals surface area contributed by atoms with Gasteiger partial charge in [0.25, 0.3) is 0 Å². The van der Waals surface area contributed by atoms with E-state index in [1.165, 1.54) is 21.0 Å². The summed E-state index contributed by atoms with van der Waals surface area (Å²) in [5.41, 5.74) is 2.87. The molecule has 0 saturated carbocycles. The van der Waals surface area contributed by atoms with Gasteiger partial charge in [-0.25, -0.2) is 4.98 Å². The third-order valence-electron chi connectivity index (χ3n) is 5.57. The highest BCUT2D eigenvalue weighted by Gasteiger charge is 2.35. The average Bonchev–Trinajstić information content (AvgIpc) is 3.19. The molecule has 0 spiro atoms. The van der Waals surface area contributed by atoms with Crippen LogP contribution >= 0.6 is 35.3 Å². The molecule has 7 heteroatoms. The number of hydrogen-bond donors (Lipinski definition) is 2. The SMILES string of the molecule is CCc1cnc(CCNC(=NC)NCC2(c3ccccc3C)CCOCC2)s1.I. The molecule has 29 heavy (non-hydrogen) atoms. The third-order valence-corrected chi connectivity index (χ3v) is 6.77. The molecule has 160 valence electrons. The number of guanidine groups is 1. The quantitative estimate of drug-likeness (QED) is 0.323. The molecule has 1 fully saturated rings. The van der Waals surface area contributed by atoms with Crippen LogP contribution in [0.2, 0.25) is 0 Å². The zero-order valence-corrected chi connectivity index (χ0v) is 20.8. The van der Waals surface area contributed by atoms with Crippen molar-refractivity contribution >= 4 is 41.3 Å². The fourth-order valence-electron chi connectivity index (χ4n) is 3.86. The number of halogens is 1. The Hall–Kier alpha value is -1.19. The highest BCUT2D eigenvalue weighted by molar-refractivity contribution is 14.0. The number of nitrogens with zero attached hydrogens (tertiary/aromatic N) is 2. The molecule has 1 aromatic heterocycles. The molecule has 2 heterocycles. The van der Waals surface area contributed by atoms with Crippen molar-refractivity contribution in [2.45, 2.75) is 44.9 Å². The van der Waals surface area contributed by atoms with Gasteiger partial charge in [0.2, 0.25) is 0 Å². The van der Waals surface area contributed by atoms with E-state index in [0.717, 1.165) is 57.9 Å². The van der Waals surface area contributed by atoms with Gasteiger partial charge >= 0.3 is 0 Å². The van der Waals surface area contributed by atoms with Crippen LogP contribution in [0.1, 0.15) is 40.8 Å². The summed E-state index contributed by atoms with van der Waals surface area (Å²) in [5, 5.41) is 8.20. The summed E-state index contributed by atoms with van der Waals surface area (Å²) in [6, 6.07) is 8.73. The Kier molecular flexibility index (Phi) is 9.85. The molecule has 1 aromatic carbocycles. The van der Waals surface area contributed by atoms with Crippen LogP contribution in [0, 0.1) is 6.92 Å². The van der Waals surface area contributed by atoms with E-state index in [0.29, 0.717) is 0 Å². The minimum absolute atomic E-state index is 0. The molecule has 2 aromatic rings. The smallest absolute Gasteiger partial charge is 0.191 e. The van der Waals surface area contributed by atoms with E-state index in [9.17, 15) is 0 Å². The normalized spacial score (nSPS) is 16.2. The number of aliphatic imine (C=N–C) groups is 1. The van der Waals surface area contributed by atoms with E-state index in [-0.39, 0.29) is 29.4 Å². The summed E-state index contributed by atoms with van der Waals surface area (Å²) in [6.07, 6.45) is 6.02. The van der Waals surface area contributed by atoms with Crippen molar-refractivity contribution in [3.63, 3.8) is 0 Å². The zero-order valence-electron chi connectivity index (χ0n) is 17.7. The molecule has 0 bridgehead atoms. The van der Waals surface area contributed by atoms with Gasteiger partial charge in [0.05, 0.1) is 5.01 Å². The third kappa shape index (κ3) is 6.39. The highest BCUT2D eigenvalue weighted by Crippen LogP contribution is 2.36. The minimum Gasteiger partial charge on any atom is -0.381 e. The standard InChI is InChI=1S/C22H32N4OS.HI/c1-4-18-15-25-20(28-18)9-12-24-21(23-3)26-16-22(10-13-27-14-11-22)19-8-6-5-7-17(19)2;/h5-8,15H,4,9-14,16H2,1-3H3,(H2,23,24,26);1H. The molecule has 1 saturated heterocycles. The first kappa shape index (κ1) is 24.1. The van der Waals surface area contributed by atoms with Crippen molar-refractivity contribution in [1.82, 2.24) is 15.6 Å². The molecule has 5 nitrogen and oxygen atoms in total. The molecule has 0 unspecified atom stereocenters. The van der Waals surface area contributed by atoms with E-state index in [1.54, 1.807) is 11.3 Å². The Morgan fingerprint density at radius 1 is 1.24 bits per heavy atom. The van der Waals surface area contributed by atoms with E-state index in [2.05, 4.69) is 58.7 Å². The van der Waals surface area contributed by atoms with Crippen LogP contribution in [0.4, 0.5) is 0 Å². The van der Waals surface area contributed by atoms with Crippen LogP contribution in [0.5, 0.6) is 0 Å². The van der Waals surface area contributed by atoms with E-state index < -0.39 is 0 Å². The molecule has 0 atom stereocenters. The Bertz CT molecular complexity index is 787. The predicted octanol–water partition coefficient (Wildman–Crippen LogP) is 4.09. The minimum atomic E-state index is 0. The number of thiazole rings is 1. The molecular formula is C22H33IN4OS. The monoisotopic (exact) mass is 528 g/mol. The van der Waals surface area contributed by atoms with E-state index >= 15 is 0 Å². The molecule has 1 aliphatic heterocycles. The van der Waals surface area contributed by atoms with Crippen LogP contribution in [-0.2, 0) is 23.0 Å². The van der Waals surface area contributed by atoms with Gasteiger partial charge < -0.3 is 15.4 Å². The van der Waals surface area contributed by atoms with Gasteiger partial charge in [-0.3, -0.25) is 4.99 Å². The molecule has 3 rings (SSSR count). The fourth-order valence-corrected chi connectivity index (χ4v) is 4.72. The molecule has 2 N–H and O–H groups in total. The number of benzene rings is 1. The van der Waals surface area contributed by atoms with Gasteiger partial charge in [0.1, 0.15) is 0 Å². The number of aryl methyl sites for hydroxylation is 2. The highest BCUT2D eigenvalue weighted by atomic mass is 127. The van der Waals surface area contributed by atoms with Gasteiger partial charge in [-0.15, -0.1) is 35.3 Å². The van der Waals surface area contributed by atoms with Gasteiger partial charge in [0.15, 0.2) is 5.96 Å². The second-order valence-electron chi connectivity index (χ2n) is 7.38. The van der Waals surface area contributed by atoms with Crippen LogP contribution in [0.25, 0.3) is 0 Å². The number of aromatic nitrogens is 1. The van der Waals surface area contributed by atoms with Crippen molar-refractivity contribution in [1.29, 1.82) is 0 Å². The van der Waals surface area contributed by atoms with Crippen LogP contribution < -0.4 is 10.6 Å². The first-order valence-corrected chi connectivity index (χ1v) is 11.0. The first-order chi connectivity index (χ1) is 13.7. The summed E-state index contributed by atoms with van der Waals surface area (Å²) in [7, 11) is 1.83. The average molecular weight is 529 g/mol. The maximum absolute atomic E-state index is 5.66. The predicted molar refractivity (Wildman–Crippen MR) is 133 cm³/mol. The first-order valence-electron chi connectivity index (χ1n) is 10.2. The molecule has 0 amide bonds.